The van der Waals surface area contributed by atoms with E-state index in [4.69, 9.17) is 5.11 Å². The fourth-order valence-electron chi connectivity index (χ4n) is 0. The van der Waals surface area contributed by atoms with Crippen molar-refractivity contribution in [3.8, 4) is 0 Å². The minimum atomic E-state index is 0. The third kappa shape index (κ3) is 312. The van der Waals surface area contributed by atoms with E-state index in [-0.39, 0.29) is 12.3 Å². The maximum atomic E-state index is 7.88. The predicted molar refractivity (Wildman–Crippen MR) is 38.7 cm³/mol. The molecule has 0 aromatic heterocycles. The van der Waals surface area contributed by atoms with E-state index in [0.29, 0.717) is 6.61 Å². The van der Waals surface area contributed by atoms with Gasteiger partial charge in [-0.25, -0.2) is 0 Å². The van der Waals surface area contributed by atoms with Crippen LogP contribution in [0.15, 0.2) is 13.2 Å². The summed E-state index contributed by atoms with van der Waals surface area (Å²) in [5.74, 6) is 0. The first-order chi connectivity index (χ1) is 2.91. The number of hydrogen-bond acceptors (Lipinski definition) is 3. The van der Waals surface area contributed by atoms with Crippen molar-refractivity contribution in [2.24, 2.45) is 0 Å². The van der Waals surface area contributed by atoms with E-state index in [1.54, 1.807) is 0 Å². The second-order valence-electron chi connectivity index (χ2n) is 0.724. The van der Waals surface area contributed by atoms with Crippen LogP contribution in [-0.4, -0.2) is 11.7 Å². The highest BCUT2D eigenvalue weighted by Gasteiger charge is 1.57. The standard InChI is InChI=1S/C3H8O.C2H4.2H3N/c1-2-3-4;1-2;;/h4H,2-3H2,1H3;1-2H2;2*1H3. The van der Waals surface area contributed by atoms with Gasteiger partial charge >= 0.3 is 0 Å². The molecule has 0 amide bonds. The average Bonchev–Trinajstić information content (AvgIpc) is 1.72. The van der Waals surface area contributed by atoms with E-state index in [1.165, 1.54) is 0 Å². The Labute approximate surface area is 51.6 Å². The molecule has 0 aliphatic carbocycles. The summed E-state index contributed by atoms with van der Waals surface area (Å²) in [6.45, 7) is 8.25. The Hall–Kier alpha value is -0.380. The van der Waals surface area contributed by atoms with Crippen molar-refractivity contribution in [1.82, 2.24) is 12.3 Å². The molecular weight excluding hydrogens is 104 g/mol. The van der Waals surface area contributed by atoms with Crippen molar-refractivity contribution < 1.29 is 5.11 Å². The summed E-state index contributed by atoms with van der Waals surface area (Å²) in [6, 6.07) is 0. The molecule has 0 atom stereocenters. The van der Waals surface area contributed by atoms with Crippen molar-refractivity contribution in [3.05, 3.63) is 13.2 Å². The number of aliphatic hydroxyl groups excluding tert-OH is 1. The monoisotopic (exact) mass is 122 g/mol. The van der Waals surface area contributed by atoms with Crippen LogP contribution in [-0.2, 0) is 0 Å². The van der Waals surface area contributed by atoms with Crippen LogP contribution in [0.25, 0.3) is 0 Å². The molecule has 0 rings (SSSR count). The van der Waals surface area contributed by atoms with Crippen LogP contribution in [0.1, 0.15) is 13.3 Å². The van der Waals surface area contributed by atoms with Gasteiger partial charge in [0.15, 0.2) is 0 Å². The zero-order valence-electron chi connectivity index (χ0n) is 5.69. The Bertz CT molecular complexity index is 17.9. The Balaban J connectivity index is -0.0000000183. The molecule has 0 heterocycles. The number of hydrogen-bond donors (Lipinski definition) is 3. The number of aliphatic hydroxyl groups is 1. The second kappa shape index (κ2) is 79.7. The van der Waals surface area contributed by atoms with Crippen molar-refractivity contribution in [2.45, 2.75) is 13.3 Å². The molecule has 54 valence electrons. The molecule has 3 nitrogen and oxygen atoms in total. The van der Waals surface area contributed by atoms with Gasteiger partial charge in [-0.05, 0) is 6.42 Å². The molecule has 0 bridgehead atoms. The lowest BCUT2D eigenvalue weighted by Gasteiger charge is -1.69. The van der Waals surface area contributed by atoms with Crippen LogP contribution >= 0.6 is 0 Å². The first kappa shape index (κ1) is 25.5. The van der Waals surface area contributed by atoms with Crippen LogP contribution in [0.5, 0.6) is 0 Å². The number of rotatable bonds is 1. The van der Waals surface area contributed by atoms with Gasteiger partial charge in [-0.2, -0.15) is 0 Å². The smallest absolute Gasteiger partial charge is 0.0428 e. The van der Waals surface area contributed by atoms with Crippen molar-refractivity contribution in [1.29, 1.82) is 0 Å². The third-order valence-corrected chi connectivity index (χ3v) is 0.224. The molecule has 3 heteroatoms. The predicted octanol–water partition coefficient (Wildman–Crippen LogP) is 1.51. The fourth-order valence-corrected chi connectivity index (χ4v) is 0. The van der Waals surface area contributed by atoms with Crippen LogP contribution in [0.2, 0.25) is 0 Å². The lowest BCUT2D eigenvalue weighted by atomic mass is 10.5. The van der Waals surface area contributed by atoms with Crippen LogP contribution in [0.4, 0.5) is 0 Å². The van der Waals surface area contributed by atoms with E-state index < -0.39 is 0 Å². The Kier molecular flexibility index (Phi) is 254. The largest absolute Gasteiger partial charge is 0.396 e. The SMILES string of the molecule is C=C.CCCO.N.N. The summed E-state index contributed by atoms with van der Waals surface area (Å²) in [7, 11) is 0. The molecule has 0 spiro atoms. The van der Waals surface area contributed by atoms with Gasteiger partial charge in [-0.1, -0.05) is 6.92 Å². The maximum absolute atomic E-state index is 7.88. The third-order valence-electron chi connectivity index (χ3n) is 0.224. The molecule has 0 aromatic rings. The van der Waals surface area contributed by atoms with Gasteiger partial charge in [0.05, 0.1) is 0 Å². The van der Waals surface area contributed by atoms with Gasteiger partial charge in [0.2, 0.25) is 0 Å². The highest BCUT2D eigenvalue weighted by molar-refractivity contribution is 4.22. The Morgan fingerprint density at radius 2 is 1.38 bits per heavy atom. The minimum Gasteiger partial charge on any atom is -0.396 e. The lowest BCUT2D eigenvalue weighted by Crippen LogP contribution is -1.69. The maximum Gasteiger partial charge on any atom is 0.0428 e. The van der Waals surface area contributed by atoms with Gasteiger partial charge < -0.3 is 17.4 Å². The molecule has 0 radical (unpaired) electrons. The molecule has 0 saturated heterocycles. The molecule has 0 fully saturated rings. The normalized spacial score (nSPS) is 4.25. The first-order valence-corrected chi connectivity index (χ1v) is 2.02. The zero-order chi connectivity index (χ0) is 5.41. The molecule has 0 aromatic carbocycles. The highest BCUT2D eigenvalue weighted by Crippen LogP contribution is 1.61. The van der Waals surface area contributed by atoms with Gasteiger partial charge in [0, 0.05) is 6.61 Å². The van der Waals surface area contributed by atoms with Crippen molar-refractivity contribution >= 4 is 0 Å². The van der Waals surface area contributed by atoms with E-state index >= 15 is 0 Å². The molecule has 0 unspecified atom stereocenters. The average molecular weight is 122 g/mol. The Morgan fingerprint density at radius 1 is 1.25 bits per heavy atom. The molecular formula is C5H18N2O. The van der Waals surface area contributed by atoms with Gasteiger partial charge in [0.1, 0.15) is 0 Å². The second-order valence-corrected chi connectivity index (χ2v) is 0.724. The fraction of sp³-hybridized carbons (Fsp3) is 0.600. The zero-order valence-corrected chi connectivity index (χ0v) is 5.69. The molecule has 0 aliphatic rings. The summed E-state index contributed by atoms with van der Waals surface area (Å²) in [5, 5.41) is 7.88. The first-order valence-electron chi connectivity index (χ1n) is 2.02. The van der Waals surface area contributed by atoms with Crippen molar-refractivity contribution in [3.63, 3.8) is 0 Å². The van der Waals surface area contributed by atoms with E-state index in [2.05, 4.69) is 13.2 Å². The molecule has 7 N–H and O–H groups in total. The van der Waals surface area contributed by atoms with Gasteiger partial charge in [-0.15, -0.1) is 13.2 Å². The topological polar surface area (TPSA) is 90.2 Å². The van der Waals surface area contributed by atoms with Gasteiger partial charge in [0.25, 0.3) is 0 Å². The highest BCUT2D eigenvalue weighted by atomic mass is 16.2. The minimum absolute atomic E-state index is 0. The van der Waals surface area contributed by atoms with Crippen LogP contribution in [0.3, 0.4) is 0 Å². The molecule has 0 aliphatic heterocycles. The Morgan fingerprint density at radius 3 is 1.38 bits per heavy atom. The van der Waals surface area contributed by atoms with E-state index in [0.717, 1.165) is 6.42 Å². The van der Waals surface area contributed by atoms with Crippen LogP contribution < -0.4 is 12.3 Å². The lowest BCUT2D eigenvalue weighted by molar-refractivity contribution is 0.295. The summed E-state index contributed by atoms with van der Waals surface area (Å²) in [5.41, 5.74) is 0. The summed E-state index contributed by atoms with van der Waals surface area (Å²) < 4.78 is 0. The van der Waals surface area contributed by atoms with Gasteiger partial charge in [-0.3, -0.25) is 0 Å². The van der Waals surface area contributed by atoms with Crippen molar-refractivity contribution in [2.75, 3.05) is 6.61 Å². The molecule has 0 saturated carbocycles. The van der Waals surface area contributed by atoms with E-state index in [1.807, 2.05) is 6.92 Å². The van der Waals surface area contributed by atoms with E-state index in [9.17, 15) is 0 Å². The summed E-state index contributed by atoms with van der Waals surface area (Å²) >= 11 is 0. The molecule has 8 heavy (non-hydrogen) atoms. The summed E-state index contributed by atoms with van der Waals surface area (Å²) in [6.07, 6.45) is 0.875. The quantitative estimate of drug-likeness (QED) is 0.460. The van der Waals surface area contributed by atoms with Crippen LogP contribution in [0, 0.1) is 0 Å². The summed E-state index contributed by atoms with van der Waals surface area (Å²) in [4.78, 5) is 0.